The number of rotatable bonds is 2. The summed E-state index contributed by atoms with van der Waals surface area (Å²) in [7, 11) is 2.00. The molecule has 0 bridgehead atoms. The van der Waals surface area contributed by atoms with Gasteiger partial charge in [0.05, 0.1) is 0 Å². The van der Waals surface area contributed by atoms with Crippen LogP contribution in [0.1, 0.15) is 26.3 Å². The Morgan fingerprint density at radius 3 is 2.56 bits per heavy atom. The number of amidine groups is 1. The second-order valence-corrected chi connectivity index (χ2v) is 7.38. The number of aliphatic imine (C=N–C) groups is 1. The molecular formula is C14H19N3Se. The van der Waals surface area contributed by atoms with E-state index in [4.69, 9.17) is 5.10 Å². The molecule has 0 fully saturated rings. The first-order chi connectivity index (χ1) is 8.58. The molecule has 96 valence electrons. The van der Waals surface area contributed by atoms with Gasteiger partial charge in [-0.15, -0.1) is 0 Å². The summed E-state index contributed by atoms with van der Waals surface area (Å²) in [4.78, 5) is 5.14. The van der Waals surface area contributed by atoms with Crippen molar-refractivity contribution < 1.29 is 0 Å². The topological polar surface area (TPSA) is 28.0 Å². The summed E-state index contributed by atoms with van der Waals surface area (Å²) < 4.78 is 1.14. The van der Waals surface area contributed by atoms with Crippen molar-refractivity contribution >= 4 is 25.4 Å². The van der Waals surface area contributed by atoms with E-state index in [0.717, 1.165) is 4.73 Å². The monoisotopic (exact) mass is 309 g/mol. The van der Waals surface area contributed by atoms with E-state index in [9.17, 15) is 0 Å². The molecule has 0 aromatic heterocycles. The van der Waals surface area contributed by atoms with Gasteiger partial charge in [0.2, 0.25) is 0 Å². The molecular weight excluding hydrogens is 289 g/mol. The summed E-state index contributed by atoms with van der Waals surface area (Å²) in [5.41, 5.74) is 2.41. The van der Waals surface area contributed by atoms with Gasteiger partial charge in [0.1, 0.15) is 0 Å². The molecule has 0 radical (unpaired) electrons. The molecule has 1 aromatic rings. The van der Waals surface area contributed by atoms with Crippen molar-refractivity contribution in [3.63, 3.8) is 0 Å². The number of nitrogens with zero attached hydrogens (tertiary/aromatic N) is 3. The van der Waals surface area contributed by atoms with Crippen LogP contribution < -0.4 is 0 Å². The van der Waals surface area contributed by atoms with Crippen molar-refractivity contribution in [3.8, 4) is 0 Å². The van der Waals surface area contributed by atoms with E-state index in [0.29, 0.717) is 25.8 Å². The van der Waals surface area contributed by atoms with E-state index < -0.39 is 0 Å². The molecule has 4 heteroatoms. The number of hydrazone groups is 1. The molecule has 0 saturated heterocycles. The van der Waals surface area contributed by atoms with E-state index in [-0.39, 0.29) is 0 Å². The fourth-order valence-electron chi connectivity index (χ4n) is 1.81. The molecule has 0 amide bonds. The van der Waals surface area contributed by atoms with Crippen LogP contribution in [0.3, 0.4) is 0 Å². The third-order valence-corrected chi connectivity index (χ3v) is 5.07. The van der Waals surface area contributed by atoms with Crippen LogP contribution in [0.2, 0.25) is 4.82 Å². The third-order valence-electron chi connectivity index (χ3n) is 2.64. The number of hydrogen-bond donors (Lipinski definition) is 0. The molecule has 0 aliphatic carbocycles. The van der Waals surface area contributed by atoms with Crippen molar-refractivity contribution in [3.05, 3.63) is 35.9 Å². The average molecular weight is 308 g/mol. The van der Waals surface area contributed by atoms with Crippen LogP contribution >= 0.6 is 0 Å². The molecule has 2 rings (SSSR count). The van der Waals surface area contributed by atoms with Gasteiger partial charge in [0, 0.05) is 0 Å². The molecule has 1 aromatic carbocycles. The van der Waals surface area contributed by atoms with Crippen molar-refractivity contribution in [2.75, 3.05) is 7.05 Å². The van der Waals surface area contributed by atoms with Crippen molar-refractivity contribution in [2.45, 2.75) is 31.6 Å². The van der Waals surface area contributed by atoms with Crippen molar-refractivity contribution in [2.24, 2.45) is 10.1 Å². The van der Waals surface area contributed by atoms with Crippen LogP contribution in [-0.2, 0) is 0 Å². The fraction of sp³-hybridized carbons (Fsp3) is 0.429. The zero-order valence-corrected chi connectivity index (χ0v) is 13.0. The zero-order chi connectivity index (χ0) is 13.1. The Morgan fingerprint density at radius 1 is 1.28 bits per heavy atom. The average Bonchev–Trinajstić information content (AvgIpc) is 2.34. The first-order valence-electron chi connectivity index (χ1n) is 6.20. The Balaban J connectivity index is 2.30. The molecule has 1 atom stereocenters. The SMILES string of the molecule is CC(C)N=C1[Se]C(C)C(c2ccccc2)=NN1C. The predicted molar refractivity (Wildman–Crippen MR) is 78.5 cm³/mol. The Bertz CT molecular complexity index is 465. The maximum atomic E-state index is 4.70. The van der Waals surface area contributed by atoms with Gasteiger partial charge in [-0.05, 0) is 0 Å². The summed E-state index contributed by atoms with van der Waals surface area (Å²) in [6.07, 6.45) is 0. The van der Waals surface area contributed by atoms with Gasteiger partial charge in [-0.25, -0.2) is 0 Å². The minimum absolute atomic E-state index is 0.338. The molecule has 3 nitrogen and oxygen atoms in total. The molecule has 0 N–H and O–H groups in total. The van der Waals surface area contributed by atoms with E-state index in [2.05, 4.69) is 50.0 Å². The molecule has 1 aliphatic heterocycles. The van der Waals surface area contributed by atoms with Crippen molar-refractivity contribution in [1.29, 1.82) is 0 Å². The summed E-state index contributed by atoms with van der Waals surface area (Å²) in [5, 5.41) is 6.65. The Labute approximate surface area is 115 Å². The number of benzene rings is 1. The van der Waals surface area contributed by atoms with Crippen LogP contribution in [0.15, 0.2) is 40.4 Å². The van der Waals surface area contributed by atoms with E-state index in [1.54, 1.807) is 0 Å². The Hall–Kier alpha value is -1.12. The van der Waals surface area contributed by atoms with Gasteiger partial charge in [-0.3, -0.25) is 0 Å². The maximum absolute atomic E-state index is 4.70. The standard InChI is InChI=1S/C14H19N3Se/c1-10(2)15-14-17(4)16-13(11(3)18-14)12-8-6-5-7-9-12/h5-11H,1-4H3. The van der Waals surface area contributed by atoms with Crippen molar-refractivity contribution in [1.82, 2.24) is 5.01 Å². The van der Waals surface area contributed by atoms with Crippen LogP contribution in [-0.4, -0.2) is 43.5 Å². The molecule has 1 aliphatic rings. The summed E-state index contributed by atoms with van der Waals surface area (Å²) in [6.45, 7) is 6.46. The summed E-state index contributed by atoms with van der Waals surface area (Å²) in [5.74, 6) is 0. The Kier molecular flexibility index (Phi) is 4.20. The first kappa shape index (κ1) is 13.3. The second kappa shape index (κ2) is 5.68. The zero-order valence-electron chi connectivity index (χ0n) is 11.3. The van der Waals surface area contributed by atoms with Gasteiger partial charge in [0.15, 0.2) is 0 Å². The molecule has 18 heavy (non-hydrogen) atoms. The van der Waals surface area contributed by atoms with Crippen LogP contribution in [0, 0.1) is 0 Å². The quantitative estimate of drug-likeness (QED) is 0.772. The summed E-state index contributed by atoms with van der Waals surface area (Å²) >= 11 is 0.353. The van der Waals surface area contributed by atoms with E-state index in [1.165, 1.54) is 11.3 Å². The molecule has 1 unspecified atom stereocenters. The van der Waals surface area contributed by atoms with Gasteiger partial charge in [-0.1, -0.05) is 0 Å². The normalized spacial score (nSPS) is 22.5. The number of hydrogen-bond acceptors (Lipinski definition) is 2. The van der Waals surface area contributed by atoms with Crippen LogP contribution in [0.4, 0.5) is 0 Å². The van der Waals surface area contributed by atoms with Gasteiger partial charge >= 0.3 is 115 Å². The van der Waals surface area contributed by atoms with Gasteiger partial charge in [-0.2, -0.15) is 0 Å². The molecule has 0 spiro atoms. The van der Waals surface area contributed by atoms with E-state index >= 15 is 0 Å². The molecule has 1 heterocycles. The van der Waals surface area contributed by atoms with Crippen LogP contribution in [0.25, 0.3) is 0 Å². The van der Waals surface area contributed by atoms with Gasteiger partial charge in [0.25, 0.3) is 0 Å². The first-order valence-corrected chi connectivity index (χ1v) is 8.04. The molecule has 0 saturated carbocycles. The predicted octanol–water partition coefficient (Wildman–Crippen LogP) is 2.61. The van der Waals surface area contributed by atoms with E-state index in [1.807, 2.05) is 18.1 Å². The van der Waals surface area contributed by atoms with Gasteiger partial charge < -0.3 is 0 Å². The minimum atomic E-state index is 0.338. The fourth-order valence-corrected chi connectivity index (χ4v) is 4.07. The second-order valence-electron chi connectivity index (χ2n) is 4.64. The van der Waals surface area contributed by atoms with Crippen LogP contribution in [0.5, 0.6) is 0 Å². The third kappa shape index (κ3) is 3.01. The Morgan fingerprint density at radius 2 is 1.94 bits per heavy atom. The summed E-state index contributed by atoms with van der Waals surface area (Å²) in [6, 6.07) is 10.8.